The van der Waals surface area contributed by atoms with Gasteiger partial charge in [-0.1, -0.05) is 24.3 Å². The summed E-state index contributed by atoms with van der Waals surface area (Å²) in [6.45, 7) is 2.93. The Morgan fingerprint density at radius 1 is 1.14 bits per heavy atom. The van der Waals surface area contributed by atoms with E-state index in [0.29, 0.717) is 17.1 Å². The third-order valence-corrected chi connectivity index (χ3v) is 4.14. The normalized spacial score (nSPS) is 11.7. The van der Waals surface area contributed by atoms with Gasteiger partial charge in [-0.05, 0) is 38.1 Å². The fourth-order valence-electron chi connectivity index (χ4n) is 2.72. The van der Waals surface area contributed by atoms with E-state index in [0.717, 1.165) is 5.69 Å². The number of rotatable bonds is 7. The Bertz CT molecular complexity index is 1080. The summed E-state index contributed by atoms with van der Waals surface area (Å²) in [7, 11) is 0. The van der Waals surface area contributed by atoms with Crippen LogP contribution in [0.15, 0.2) is 59.4 Å². The fraction of sp³-hybridized carbons (Fsp3) is 0.238. The summed E-state index contributed by atoms with van der Waals surface area (Å²) in [5, 5.41) is 2.51. The largest absolute Gasteiger partial charge is 0.484 e. The Hall–Kier alpha value is -3.68. The molecule has 0 fully saturated rings. The molecule has 0 saturated heterocycles. The first-order valence-electron chi connectivity index (χ1n) is 9.06. The maximum absolute atomic E-state index is 12.2. The molecule has 1 amide bonds. The van der Waals surface area contributed by atoms with Crippen LogP contribution >= 0.6 is 0 Å². The van der Waals surface area contributed by atoms with Crippen LogP contribution in [0.25, 0.3) is 5.65 Å². The Kier molecular flexibility index (Phi) is 6.23. The number of nitrogens with one attached hydrogen (secondary N) is 1. The van der Waals surface area contributed by atoms with Crippen molar-refractivity contribution < 1.29 is 19.1 Å². The van der Waals surface area contributed by atoms with Gasteiger partial charge in [0.15, 0.2) is 6.61 Å². The van der Waals surface area contributed by atoms with Gasteiger partial charge in [-0.2, -0.15) is 0 Å². The number of esters is 1. The van der Waals surface area contributed by atoms with E-state index in [-0.39, 0.29) is 18.8 Å². The summed E-state index contributed by atoms with van der Waals surface area (Å²) in [5.41, 5.74) is 1.32. The summed E-state index contributed by atoms with van der Waals surface area (Å²) < 4.78 is 12.0. The van der Waals surface area contributed by atoms with Gasteiger partial charge in [-0.3, -0.25) is 14.0 Å². The van der Waals surface area contributed by atoms with Crippen LogP contribution in [0, 0.1) is 6.92 Å². The van der Waals surface area contributed by atoms with Crippen LogP contribution in [-0.4, -0.2) is 33.9 Å². The number of hydrogen-bond donors (Lipinski definition) is 1. The predicted molar refractivity (Wildman–Crippen MR) is 106 cm³/mol. The van der Waals surface area contributed by atoms with Crippen LogP contribution in [0.4, 0.5) is 0 Å². The van der Waals surface area contributed by atoms with E-state index < -0.39 is 17.9 Å². The number of aromatic nitrogens is 2. The molecule has 0 saturated carbocycles. The average Bonchev–Trinajstić information content (AvgIpc) is 2.71. The highest BCUT2D eigenvalue weighted by molar-refractivity contribution is 5.84. The van der Waals surface area contributed by atoms with Crippen molar-refractivity contribution in [2.75, 3.05) is 6.61 Å². The Morgan fingerprint density at radius 3 is 2.66 bits per heavy atom. The van der Waals surface area contributed by atoms with Crippen LogP contribution in [0.5, 0.6) is 5.75 Å². The maximum Gasteiger partial charge on any atom is 0.328 e. The summed E-state index contributed by atoms with van der Waals surface area (Å²) in [4.78, 5) is 40.6. The van der Waals surface area contributed by atoms with E-state index in [9.17, 15) is 14.4 Å². The highest BCUT2D eigenvalue weighted by Gasteiger charge is 2.18. The molecule has 150 valence electrons. The van der Waals surface area contributed by atoms with Crippen LogP contribution in [0.2, 0.25) is 0 Å². The number of ether oxygens (including phenoxy) is 2. The van der Waals surface area contributed by atoms with Gasteiger partial charge >= 0.3 is 5.97 Å². The van der Waals surface area contributed by atoms with Gasteiger partial charge in [0.25, 0.3) is 11.5 Å². The van der Waals surface area contributed by atoms with Crippen molar-refractivity contribution >= 4 is 17.5 Å². The average molecular weight is 395 g/mol. The van der Waals surface area contributed by atoms with Crippen molar-refractivity contribution in [2.45, 2.75) is 26.5 Å². The van der Waals surface area contributed by atoms with Gasteiger partial charge in [0, 0.05) is 11.8 Å². The van der Waals surface area contributed by atoms with Gasteiger partial charge in [0.2, 0.25) is 0 Å². The molecule has 1 aromatic carbocycles. The minimum Gasteiger partial charge on any atom is -0.484 e. The quantitative estimate of drug-likeness (QED) is 0.611. The number of para-hydroxylation sites is 1. The zero-order chi connectivity index (χ0) is 20.8. The van der Waals surface area contributed by atoms with Crippen molar-refractivity contribution in [3.8, 4) is 5.75 Å². The van der Waals surface area contributed by atoms with Gasteiger partial charge in [0.05, 0.1) is 5.69 Å². The molecule has 8 heteroatoms. The monoisotopic (exact) mass is 395 g/mol. The molecule has 8 nitrogen and oxygen atoms in total. The topological polar surface area (TPSA) is 99.0 Å². The van der Waals surface area contributed by atoms with Gasteiger partial charge in [0.1, 0.15) is 24.0 Å². The second kappa shape index (κ2) is 9.01. The molecule has 3 rings (SSSR count). The molecule has 29 heavy (non-hydrogen) atoms. The molecule has 0 aliphatic rings. The molecule has 3 aromatic rings. The number of pyridine rings is 1. The molecule has 0 aliphatic heterocycles. The number of aryl methyl sites for hydroxylation is 1. The molecule has 0 aliphatic carbocycles. The molecule has 1 atom stereocenters. The highest BCUT2D eigenvalue weighted by Crippen LogP contribution is 2.08. The van der Waals surface area contributed by atoms with Gasteiger partial charge in [-0.25, -0.2) is 9.78 Å². The number of hydrogen-bond acceptors (Lipinski definition) is 6. The third kappa shape index (κ3) is 5.19. The third-order valence-electron chi connectivity index (χ3n) is 4.14. The zero-order valence-electron chi connectivity index (χ0n) is 16.1. The van der Waals surface area contributed by atoms with E-state index >= 15 is 0 Å². The number of fused-ring (bicyclic) bond motifs is 1. The van der Waals surface area contributed by atoms with Crippen LogP contribution in [0.3, 0.4) is 0 Å². The smallest absolute Gasteiger partial charge is 0.328 e. The molecular formula is C21H21N3O5. The van der Waals surface area contributed by atoms with Crippen molar-refractivity contribution in [1.82, 2.24) is 14.7 Å². The van der Waals surface area contributed by atoms with Crippen molar-refractivity contribution in [3.63, 3.8) is 0 Å². The Balaban J connectivity index is 1.53. The second-order valence-electron chi connectivity index (χ2n) is 6.45. The lowest BCUT2D eigenvalue weighted by atomic mass is 10.3. The lowest BCUT2D eigenvalue weighted by Crippen LogP contribution is -2.41. The van der Waals surface area contributed by atoms with Crippen molar-refractivity contribution in [2.24, 2.45) is 0 Å². The predicted octanol–water partition coefficient (Wildman–Crippen LogP) is 1.63. The summed E-state index contributed by atoms with van der Waals surface area (Å²) in [6, 6.07) is 14.6. The van der Waals surface area contributed by atoms with Crippen molar-refractivity contribution in [3.05, 3.63) is 76.3 Å². The zero-order valence-corrected chi connectivity index (χ0v) is 16.1. The first kappa shape index (κ1) is 20.1. The number of benzene rings is 1. The van der Waals surface area contributed by atoms with E-state index in [1.54, 1.807) is 36.4 Å². The summed E-state index contributed by atoms with van der Waals surface area (Å²) in [5.74, 6) is -0.526. The molecule has 2 aromatic heterocycles. The molecule has 0 bridgehead atoms. The van der Waals surface area contributed by atoms with E-state index in [2.05, 4.69) is 10.3 Å². The first-order chi connectivity index (χ1) is 13.9. The van der Waals surface area contributed by atoms with Gasteiger partial charge < -0.3 is 14.8 Å². The molecule has 0 spiro atoms. The number of amides is 1. The molecule has 0 radical (unpaired) electrons. The van der Waals surface area contributed by atoms with E-state index in [4.69, 9.17) is 9.47 Å². The molecular weight excluding hydrogens is 374 g/mol. The first-order valence-corrected chi connectivity index (χ1v) is 9.06. The fourth-order valence-corrected chi connectivity index (χ4v) is 2.72. The van der Waals surface area contributed by atoms with E-state index in [1.165, 1.54) is 17.4 Å². The molecule has 1 N–H and O–H groups in total. The lowest BCUT2D eigenvalue weighted by molar-refractivity contribution is -0.148. The van der Waals surface area contributed by atoms with E-state index in [1.807, 2.05) is 19.1 Å². The standard InChI is InChI=1S/C21H21N3O5/c1-14-7-6-10-18-23-16(11-20(26)24(14)18)12-29-21(27)15(2)22-19(25)13-28-17-8-4-3-5-9-17/h3-11,15H,12-13H2,1-2H3,(H,22,25)/t15-/m0/s1. The summed E-state index contributed by atoms with van der Waals surface area (Å²) in [6.07, 6.45) is 0. The molecule has 2 heterocycles. The minimum atomic E-state index is -0.870. The molecule has 0 unspecified atom stereocenters. The SMILES string of the molecule is Cc1cccc2nc(COC(=O)[C@H](C)NC(=O)COc3ccccc3)cc(=O)n12. The van der Waals surface area contributed by atoms with Crippen LogP contribution in [0.1, 0.15) is 18.3 Å². The summed E-state index contributed by atoms with van der Waals surface area (Å²) >= 11 is 0. The number of carbonyl (C=O) groups is 2. The maximum atomic E-state index is 12.2. The van der Waals surface area contributed by atoms with Crippen molar-refractivity contribution in [1.29, 1.82) is 0 Å². The highest BCUT2D eigenvalue weighted by atomic mass is 16.5. The van der Waals surface area contributed by atoms with Crippen LogP contribution in [-0.2, 0) is 20.9 Å². The number of carbonyl (C=O) groups excluding carboxylic acids is 2. The van der Waals surface area contributed by atoms with Gasteiger partial charge in [-0.15, -0.1) is 0 Å². The lowest BCUT2D eigenvalue weighted by Gasteiger charge is -2.14. The minimum absolute atomic E-state index is 0.167. The number of nitrogens with zero attached hydrogens (tertiary/aromatic N) is 2. The Morgan fingerprint density at radius 2 is 1.90 bits per heavy atom. The van der Waals surface area contributed by atoms with Crippen LogP contribution < -0.4 is 15.6 Å². The Labute approximate surface area is 167 Å². The second-order valence-corrected chi connectivity index (χ2v) is 6.45.